The van der Waals surface area contributed by atoms with Gasteiger partial charge in [-0.1, -0.05) is 24.3 Å². The second-order valence-corrected chi connectivity index (χ2v) is 7.66. The first-order chi connectivity index (χ1) is 14.8. The molecule has 1 aliphatic heterocycles. The molecule has 4 aromatic rings. The molecule has 3 aromatic heterocycles. The minimum absolute atomic E-state index is 0.358. The Balaban J connectivity index is 1.39. The van der Waals surface area contributed by atoms with E-state index < -0.39 is 0 Å². The normalized spacial score (nSPS) is 14.8. The summed E-state index contributed by atoms with van der Waals surface area (Å²) in [5, 5.41) is 12.2. The summed E-state index contributed by atoms with van der Waals surface area (Å²) in [7, 11) is 0. The average Bonchev–Trinajstić information content (AvgIpc) is 3.18. The molecular weight excluding hydrogens is 376 g/mol. The molecule has 0 radical (unpaired) electrons. The van der Waals surface area contributed by atoms with E-state index in [4.69, 9.17) is 9.72 Å². The van der Waals surface area contributed by atoms with Gasteiger partial charge in [-0.25, -0.2) is 9.97 Å². The Morgan fingerprint density at radius 3 is 2.83 bits per heavy atom. The molecule has 7 heteroatoms. The number of nitrogens with zero attached hydrogens (tertiary/aromatic N) is 5. The summed E-state index contributed by atoms with van der Waals surface area (Å²) in [6.07, 6.45) is 6.51. The van der Waals surface area contributed by atoms with Crippen LogP contribution in [0.5, 0.6) is 0 Å². The number of hydrogen-bond acceptors (Lipinski definition) is 6. The third-order valence-electron chi connectivity index (χ3n) is 5.60. The fraction of sp³-hybridized carbons (Fsp3) is 0.304. The van der Waals surface area contributed by atoms with Crippen molar-refractivity contribution in [2.24, 2.45) is 0 Å². The number of hydrogen-bond donors (Lipinski definition) is 1. The lowest BCUT2D eigenvalue weighted by Gasteiger charge is -2.23. The van der Waals surface area contributed by atoms with E-state index in [1.165, 1.54) is 11.1 Å². The molecule has 0 unspecified atom stereocenters. The summed E-state index contributed by atoms with van der Waals surface area (Å²) in [4.78, 5) is 9.09. The number of aryl methyl sites for hydroxylation is 1. The summed E-state index contributed by atoms with van der Waals surface area (Å²) in [5.41, 5.74) is 5.20. The Labute approximate surface area is 175 Å². The molecule has 0 atom stereocenters. The molecule has 1 aliphatic rings. The number of ether oxygens (including phenoxy) is 1. The third-order valence-corrected chi connectivity index (χ3v) is 5.60. The monoisotopic (exact) mass is 400 g/mol. The molecule has 0 spiro atoms. The van der Waals surface area contributed by atoms with Crippen molar-refractivity contribution >= 4 is 11.6 Å². The first kappa shape index (κ1) is 18.7. The van der Waals surface area contributed by atoms with Crippen LogP contribution in [-0.2, 0) is 11.2 Å². The minimum Gasteiger partial charge on any atom is -0.381 e. The zero-order valence-electron chi connectivity index (χ0n) is 17.0. The predicted octanol–water partition coefficient (Wildman–Crippen LogP) is 3.68. The van der Waals surface area contributed by atoms with Gasteiger partial charge in [0.05, 0.1) is 5.69 Å². The van der Waals surface area contributed by atoms with Gasteiger partial charge in [0.1, 0.15) is 5.82 Å². The van der Waals surface area contributed by atoms with E-state index in [2.05, 4.69) is 57.8 Å². The molecule has 1 fully saturated rings. The number of benzene rings is 1. The van der Waals surface area contributed by atoms with Gasteiger partial charge in [-0.05, 0) is 49.1 Å². The van der Waals surface area contributed by atoms with Crippen molar-refractivity contribution in [3.05, 3.63) is 71.8 Å². The van der Waals surface area contributed by atoms with E-state index in [1.807, 2.05) is 22.7 Å². The van der Waals surface area contributed by atoms with Crippen LogP contribution in [0.1, 0.15) is 29.8 Å². The molecule has 1 saturated heterocycles. The Morgan fingerprint density at radius 2 is 1.97 bits per heavy atom. The zero-order valence-corrected chi connectivity index (χ0v) is 17.0. The number of rotatable bonds is 5. The van der Waals surface area contributed by atoms with Gasteiger partial charge in [0.15, 0.2) is 5.65 Å². The highest BCUT2D eigenvalue weighted by molar-refractivity contribution is 5.64. The SMILES string of the molecule is Cc1ccccc1Cc1nnc2cc(-c3ccnc(NC4CCOCC4)n3)ccn12. The highest BCUT2D eigenvalue weighted by Gasteiger charge is 2.15. The lowest BCUT2D eigenvalue weighted by atomic mass is 10.1. The van der Waals surface area contributed by atoms with Gasteiger partial charge in [-0.2, -0.15) is 0 Å². The molecular formula is C23H24N6O. The van der Waals surface area contributed by atoms with Crippen LogP contribution in [0.4, 0.5) is 5.95 Å². The molecule has 0 bridgehead atoms. The van der Waals surface area contributed by atoms with Crippen LogP contribution >= 0.6 is 0 Å². The number of pyridine rings is 1. The van der Waals surface area contributed by atoms with Gasteiger partial charge < -0.3 is 10.1 Å². The van der Waals surface area contributed by atoms with E-state index in [0.29, 0.717) is 12.0 Å². The van der Waals surface area contributed by atoms with Crippen molar-refractivity contribution in [3.63, 3.8) is 0 Å². The Kier molecular flexibility index (Phi) is 5.11. The van der Waals surface area contributed by atoms with Crippen LogP contribution in [0.3, 0.4) is 0 Å². The summed E-state index contributed by atoms with van der Waals surface area (Å²) in [6.45, 7) is 3.69. The molecule has 1 aromatic carbocycles. The summed E-state index contributed by atoms with van der Waals surface area (Å²) in [5.74, 6) is 1.58. The van der Waals surface area contributed by atoms with Gasteiger partial charge >= 0.3 is 0 Å². The molecule has 7 nitrogen and oxygen atoms in total. The van der Waals surface area contributed by atoms with Crippen molar-refractivity contribution in [2.45, 2.75) is 32.2 Å². The quantitative estimate of drug-likeness (QED) is 0.551. The van der Waals surface area contributed by atoms with Crippen LogP contribution in [0.25, 0.3) is 16.9 Å². The largest absolute Gasteiger partial charge is 0.381 e. The van der Waals surface area contributed by atoms with Gasteiger partial charge in [0.2, 0.25) is 5.95 Å². The Morgan fingerprint density at radius 1 is 1.10 bits per heavy atom. The van der Waals surface area contributed by atoms with E-state index in [1.54, 1.807) is 6.20 Å². The molecule has 152 valence electrons. The van der Waals surface area contributed by atoms with E-state index in [-0.39, 0.29) is 0 Å². The minimum atomic E-state index is 0.358. The molecule has 5 rings (SSSR count). The van der Waals surface area contributed by atoms with Crippen LogP contribution in [-0.4, -0.2) is 43.8 Å². The Bertz CT molecular complexity index is 1170. The van der Waals surface area contributed by atoms with E-state index >= 15 is 0 Å². The van der Waals surface area contributed by atoms with Gasteiger partial charge in [-0.15, -0.1) is 10.2 Å². The van der Waals surface area contributed by atoms with Gasteiger partial charge in [-0.3, -0.25) is 4.40 Å². The van der Waals surface area contributed by atoms with Crippen molar-refractivity contribution in [2.75, 3.05) is 18.5 Å². The van der Waals surface area contributed by atoms with Gasteiger partial charge in [0, 0.05) is 43.6 Å². The predicted molar refractivity (Wildman–Crippen MR) is 115 cm³/mol. The van der Waals surface area contributed by atoms with Crippen LogP contribution in [0.15, 0.2) is 54.9 Å². The van der Waals surface area contributed by atoms with Crippen LogP contribution in [0.2, 0.25) is 0 Å². The lowest BCUT2D eigenvalue weighted by Crippen LogP contribution is -2.28. The maximum atomic E-state index is 5.42. The topological polar surface area (TPSA) is 77.2 Å². The summed E-state index contributed by atoms with van der Waals surface area (Å²) < 4.78 is 7.46. The fourth-order valence-electron chi connectivity index (χ4n) is 3.81. The molecule has 30 heavy (non-hydrogen) atoms. The molecule has 1 N–H and O–H groups in total. The lowest BCUT2D eigenvalue weighted by molar-refractivity contribution is 0.0903. The van der Waals surface area contributed by atoms with E-state index in [0.717, 1.165) is 55.2 Å². The zero-order chi connectivity index (χ0) is 20.3. The van der Waals surface area contributed by atoms with Crippen molar-refractivity contribution < 1.29 is 4.74 Å². The third kappa shape index (κ3) is 3.89. The van der Waals surface area contributed by atoms with Crippen molar-refractivity contribution in [3.8, 4) is 11.3 Å². The molecule has 0 saturated carbocycles. The first-order valence-corrected chi connectivity index (χ1v) is 10.3. The summed E-state index contributed by atoms with van der Waals surface area (Å²) >= 11 is 0. The highest BCUT2D eigenvalue weighted by Crippen LogP contribution is 2.21. The maximum Gasteiger partial charge on any atom is 0.223 e. The fourth-order valence-corrected chi connectivity index (χ4v) is 3.81. The highest BCUT2D eigenvalue weighted by atomic mass is 16.5. The molecule has 0 amide bonds. The Hall–Kier alpha value is -3.32. The maximum absolute atomic E-state index is 5.42. The average molecular weight is 400 g/mol. The van der Waals surface area contributed by atoms with Crippen molar-refractivity contribution in [1.82, 2.24) is 24.6 Å². The first-order valence-electron chi connectivity index (χ1n) is 10.3. The summed E-state index contributed by atoms with van der Waals surface area (Å²) in [6, 6.07) is 14.7. The van der Waals surface area contributed by atoms with E-state index in [9.17, 15) is 0 Å². The smallest absolute Gasteiger partial charge is 0.223 e. The van der Waals surface area contributed by atoms with Crippen LogP contribution < -0.4 is 5.32 Å². The second kappa shape index (κ2) is 8.20. The van der Waals surface area contributed by atoms with Gasteiger partial charge in [0.25, 0.3) is 0 Å². The van der Waals surface area contributed by atoms with Crippen molar-refractivity contribution in [1.29, 1.82) is 0 Å². The van der Waals surface area contributed by atoms with Crippen LogP contribution in [0, 0.1) is 6.92 Å². The number of fused-ring (bicyclic) bond motifs is 1. The molecule has 0 aliphatic carbocycles. The molecule has 4 heterocycles. The number of anilines is 1. The number of aromatic nitrogens is 5. The standard InChI is InChI=1S/C23H24N6O/c1-16-4-2-3-5-17(16)14-21-27-28-22-15-18(7-11-29(21)22)20-6-10-24-23(26-20)25-19-8-12-30-13-9-19/h2-7,10-11,15,19H,8-9,12-14H2,1H3,(H,24,25,26). The number of nitrogens with one attached hydrogen (secondary N) is 1. The second-order valence-electron chi connectivity index (χ2n) is 7.66.